The number of amides is 1. The van der Waals surface area contributed by atoms with Gasteiger partial charge in [-0.1, -0.05) is 24.3 Å². The summed E-state index contributed by atoms with van der Waals surface area (Å²) in [4.78, 5) is 20.2. The molecule has 4 N–H and O–H groups in total. The fourth-order valence-corrected chi connectivity index (χ4v) is 3.40. The average molecular weight is 401 g/mol. The number of H-pyrrole nitrogens is 2. The molecule has 5 rings (SSSR count). The van der Waals surface area contributed by atoms with E-state index >= 15 is 0 Å². The van der Waals surface area contributed by atoms with Gasteiger partial charge in [0, 0.05) is 17.1 Å². The standard InChI is InChI=1S/C22H16FN5O2/c23-15-11-13(6-8-19(15)29)24-20(30)10-12-5-7-14-18(9-12)27-28-21(14)22-25-16-3-1-2-4-17(16)26-22/h1-9,11,29H,10H2,(H,24,30)(H,25,26)(H,27,28). The van der Waals surface area contributed by atoms with Gasteiger partial charge in [0.05, 0.1) is 23.0 Å². The number of fused-ring (bicyclic) bond motifs is 2. The van der Waals surface area contributed by atoms with Crippen LogP contribution in [-0.2, 0) is 11.2 Å². The van der Waals surface area contributed by atoms with Crippen molar-refractivity contribution in [2.75, 3.05) is 5.32 Å². The van der Waals surface area contributed by atoms with Crippen molar-refractivity contribution in [2.24, 2.45) is 0 Å². The van der Waals surface area contributed by atoms with Gasteiger partial charge in [-0.2, -0.15) is 5.10 Å². The Hall–Kier alpha value is -4.20. The number of hydrogen-bond donors (Lipinski definition) is 4. The van der Waals surface area contributed by atoms with E-state index in [1.165, 1.54) is 12.1 Å². The lowest BCUT2D eigenvalue weighted by molar-refractivity contribution is -0.115. The molecular weight excluding hydrogens is 385 g/mol. The van der Waals surface area contributed by atoms with Crippen molar-refractivity contribution >= 4 is 33.5 Å². The number of rotatable bonds is 4. The van der Waals surface area contributed by atoms with Crippen molar-refractivity contribution in [3.8, 4) is 17.3 Å². The molecule has 5 aromatic rings. The first kappa shape index (κ1) is 17.9. The number of carbonyl (C=O) groups excluding carboxylic acids is 1. The van der Waals surface area contributed by atoms with E-state index in [1.54, 1.807) is 0 Å². The van der Waals surface area contributed by atoms with Crippen LogP contribution in [0.1, 0.15) is 5.56 Å². The van der Waals surface area contributed by atoms with Crippen LogP contribution >= 0.6 is 0 Å². The molecule has 0 unspecified atom stereocenters. The molecule has 30 heavy (non-hydrogen) atoms. The summed E-state index contributed by atoms with van der Waals surface area (Å²) in [5.74, 6) is -0.874. The molecule has 0 radical (unpaired) electrons. The zero-order valence-electron chi connectivity index (χ0n) is 15.6. The van der Waals surface area contributed by atoms with Gasteiger partial charge in [-0.05, 0) is 35.9 Å². The normalized spacial score (nSPS) is 11.2. The Kier molecular flexibility index (Phi) is 4.17. The second-order valence-electron chi connectivity index (χ2n) is 6.95. The summed E-state index contributed by atoms with van der Waals surface area (Å²) >= 11 is 0. The molecule has 0 aliphatic carbocycles. The van der Waals surface area contributed by atoms with Crippen LogP contribution in [0.5, 0.6) is 5.75 Å². The van der Waals surface area contributed by atoms with Crippen LogP contribution in [0.4, 0.5) is 10.1 Å². The van der Waals surface area contributed by atoms with E-state index < -0.39 is 11.6 Å². The van der Waals surface area contributed by atoms with Gasteiger partial charge in [0.25, 0.3) is 0 Å². The largest absolute Gasteiger partial charge is 0.505 e. The molecular formula is C22H16FN5O2. The molecule has 0 atom stereocenters. The van der Waals surface area contributed by atoms with Crippen LogP contribution < -0.4 is 5.32 Å². The van der Waals surface area contributed by atoms with E-state index in [-0.39, 0.29) is 18.0 Å². The molecule has 3 aromatic carbocycles. The van der Waals surface area contributed by atoms with Crippen LogP contribution in [0.2, 0.25) is 0 Å². The quantitative estimate of drug-likeness (QED) is 0.340. The van der Waals surface area contributed by atoms with E-state index in [1.807, 2.05) is 42.5 Å². The zero-order valence-corrected chi connectivity index (χ0v) is 15.6. The van der Waals surface area contributed by atoms with Crippen molar-refractivity contribution in [3.05, 3.63) is 72.0 Å². The van der Waals surface area contributed by atoms with Crippen LogP contribution in [0.15, 0.2) is 60.7 Å². The molecule has 0 aliphatic rings. The first-order valence-corrected chi connectivity index (χ1v) is 9.27. The number of phenolic OH excluding ortho intramolecular Hbond substituents is 1. The van der Waals surface area contributed by atoms with E-state index in [9.17, 15) is 14.3 Å². The first-order valence-electron chi connectivity index (χ1n) is 9.27. The van der Waals surface area contributed by atoms with Gasteiger partial charge < -0.3 is 15.4 Å². The van der Waals surface area contributed by atoms with Gasteiger partial charge in [-0.25, -0.2) is 9.37 Å². The first-order chi connectivity index (χ1) is 14.6. The highest BCUT2D eigenvalue weighted by Crippen LogP contribution is 2.27. The van der Waals surface area contributed by atoms with Crippen molar-refractivity contribution in [3.63, 3.8) is 0 Å². The predicted molar refractivity (Wildman–Crippen MR) is 112 cm³/mol. The molecule has 2 heterocycles. The molecule has 148 valence electrons. The topological polar surface area (TPSA) is 107 Å². The summed E-state index contributed by atoms with van der Waals surface area (Å²) in [6, 6.07) is 17.1. The van der Waals surface area contributed by atoms with Crippen molar-refractivity contribution < 1.29 is 14.3 Å². The van der Waals surface area contributed by atoms with Gasteiger partial charge in [-0.15, -0.1) is 0 Å². The van der Waals surface area contributed by atoms with Crippen molar-refractivity contribution in [1.29, 1.82) is 0 Å². The summed E-state index contributed by atoms with van der Waals surface area (Å²) < 4.78 is 13.4. The third-order valence-electron chi connectivity index (χ3n) is 4.84. The number of imidazole rings is 1. The minimum absolute atomic E-state index is 0.109. The van der Waals surface area contributed by atoms with Gasteiger partial charge in [0.2, 0.25) is 5.91 Å². The molecule has 0 spiro atoms. The Bertz CT molecular complexity index is 1370. The second kappa shape index (κ2) is 7.00. The highest BCUT2D eigenvalue weighted by molar-refractivity contribution is 5.95. The number of nitrogens with zero attached hydrogens (tertiary/aromatic N) is 2. The molecule has 0 fully saturated rings. The van der Waals surface area contributed by atoms with Gasteiger partial charge in [-0.3, -0.25) is 9.89 Å². The summed E-state index contributed by atoms with van der Waals surface area (Å²) in [6.07, 6.45) is 0.109. The van der Waals surface area contributed by atoms with Gasteiger partial charge in [0.15, 0.2) is 17.4 Å². The van der Waals surface area contributed by atoms with Crippen LogP contribution in [0.3, 0.4) is 0 Å². The Morgan fingerprint density at radius 3 is 2.77 bits per heavy atom. The molecule has 1 amide bonds. The van der Waals surface area contributed by atoms with Crippen molar-refractivity contribution in [1.82, 2.24) is 20.2 Å². The number of phenols is 1. The average Bonchev–Trinajstić information content (AvgIpc) is 3.34. The number of para-hydroxylation sites is 2. The predicted octanol–water partition coefficient (Wildman–Crippen LogP) is 4.13. The Labute approximate surface area is 169 Å². The van der Waals surface area contributed by atoms with E-state index in [0.717, 1.165) is 33.6 Å². The number of carbonyl (C=O) groups is 1. The van der Waals surface area contributed by atoms with Crippen molar-refractivity contribution in [2.45, 2.75) is 6.42 Å². The molecule has 0 saturated heterocycles. The number of aromatic hydroxyl groups is 1. The number of aromatic amines is 2. The number of hydrogen-bond acceptors (Lipinski definition) is 4. The lowest BCUT2D eigenvalue weighted by atomic mass is 10.1. The van der Waals surface area contributed by atoms with E-state index in [4.69, 9.17) is 0 Å². The summed E-state index contributed by atoms with van der Waals surface area (Å²) in [6.45, 7) is 0. The number of nitrogens with one attached hydrogen (secondary N) is 3. The highest BCUT2D eigenvalue weighted by atomic mass is 19.1. The second-order valence-corrected chi connectivity index (χ2v) is 6.95. The maximum Gasteiger partial charge on any atom is 0.228 e. The summed E-state index contributed by atoms with van der Waals surface area (Å²) in [5, 5.41) is 20.1. The Morgan fingerprint density at radius 2 is 1.93 bits per heavy atom. The number of benzene rings is 3. The highest BCUT2D eigenvalue weighted by Gasteiger charge is 2.14. The fourth-order valence-electron chi connectivity index (χ4n) is 3.40. The molecule has 0 saturated carbocycles. The summed E-state index contributed by atoms with van der Waals surface area (Å²) in [5.41, 5.74) is 4.34. The number of halogens is 1. The monoisotopic (exact) mass is 401 g/mol. The zero-order chi connectivity index (χ0) is 20.7. The number of anilines is 1. The van der Waals surface area contributed by atoms with E-state index in [2.05, 4.69) is 25.5 Å². The molecule has 2 aromatic heterocycles. The Morgan fingerprint density at radius 1 is 1.07 bits per heavy atom. The van der Waals surface area contributed by atoms with Crippen LogP contribution in [0, 0.1) is 5.82 Å². The minimum atomic E-state index is -0.787. The Balaban J connectivity index is 1.37. The maximum atomic E-state index is 13.4. The third kappa shape index (κ3) is 3.24. The minimum Gasteiger partial charge on any atom is -0.505 e. The van der Waals surface area contributed by atoms with Crippen LogP contribution in [-0.4, -0.2) is 31.2 Å². The molecule has 7 nitrogen and oxygen atoms in total. The molecule has 0 bridgehead atoms. The lowest BCUT2D eigenvalue weighted by Gasteiger charge is -2.06. The van der Waals surface area contributed by atoms with E-state index in [0.29, 0.717) is 11.5 Å². The third-order valence-corrected chi connectivity index (χ3v) is 4.84. The molecule has 0 aliphatic heterocycles. The summed E-state index contributed by atoms with van der Waals surface area (Å²) in [7, 11) is 0. The fraction of sp³-hybridized carbons (Fsp3) is 0.0455. The lowest BCUT2D eigenvalue weighted by Crippen LogP contribution is -2.14. The molecule has 8 heteroatoms. The smallest absolute Gasteiger partial charge is 0.228 e. The maximum absolute atomic E-state index is 13.4. The number of aromatic nitrogens is 4. The van der Waals surface area contributed by atoms with Gasteiger partial charge in [0.1, 0.15) is 5.69 Å². The van der Waals surface area contributed by atoms with Crippen LogP contribution in [0.25, 0.3) is 33.5 Å². The van der Waals surface area contributed by atoms with Gasteiger partial charge >= 0.3 is 0 Å². The SMILES string of the molecule is O=C(Cc1ccc2c(-c3nc4ccccc4[nH]3)n[nH]c2c1)Nc1ccc(O)c(F)c1.